The SMILES string of the molecule is C[C@@H]1CO[C@]23CCC(=O)C1[C@]2(C)[C@@H](C)CC(=O)C3. The quantitative estimate of drug-likeness (QED) is 0.663. The van der Waals surface area contributed by atoms with Gasteiger partial charge in [0.2, 0.25) is 0 Å². The summed E-state index contributed by atoms with van der Waals surface area (Å²) in [5.74, 6) is 1.32. The molecule has 0 aromatic rings. The number of ketones is 2. The van der Waals surface area contributed by atoms with Crippen molar-refractivity contribution in [3.05, 3.63) is 0 Å². The molecule has 0 aromatic carbocycles. The zero-order valence-corrected chi connectivity index (χ0v) is 11.5. The first-order chi connectivity index (χ1) is 8.41. The summed E-state index contributed by atoms with van der Waals surface area (Å²) in [4.78, 5) is 24.3. The molecule has 0 N–H and O–H groups in total. The van der Waals surface area contributed by atoms with Crippen LogP contribution in [0.2, 0.25) is 0 Å². The molecular weight excluding hydrogens is 228 g/mol. The summed E-state index contributed by atoms with van der Waals surface area (Å²) in [7, 11) is 0. The van der Waals surface area contributed by atoms with E-state index in [1.54, 1.807) is 0 Å². The Labute approximate surface area is 108 Å². The first-order valence-corrected chi connectivity index (χ1v) is 7.09. The van der Waals surface area contributed by atoms with E-state index in [9.17, 15) is 9.59 Å². The van der Waals surface area contributed by atoms with Crippen LogP contribution in [0.4, 0.5) is 0 Å². The highest BCUT2D eigenvalue weighted by atomic mass is 16.5. The first-order valence-electron chi connectivity index (χ1n) is 7.09. The molecular formula is C15H22O3. The Kier molecular flexibility index (Phi) is 2.51. The van der Waals surface area contributed by atoms with Crippen LogP contribution in [0.1, 0.15) is 46.5 Å². The van der Waals surface area contributed by atoms with Crippen LogP contribution in [-0.2, 0) is 14.3 Å². The van der Waals surface area contributed by atoms with Crippen molar-refractivity contribution < 1.29 is 14.3 Å². The topological polar surface area (TPSA) is 43.4 Å². The van der Waals surface area contributed by atoms with Crippen LogP contribution >= 0.6 is 0 Å². The van der Waals surface area contributed by atoms with E-state index >= 15 is 0 Å². The van der Waals surface area contributed by atoms with Gasteiger partial charge in [0.15, 0.2) is 0 Å². The smallest absolute Gasteiger partial charge is 0.137 e. The van der Waals surface area contributed by atoms with Gasteiger partial charge in [-0.25, -0.2) is 0 Å². The lowest BCUT2D eigenvalue weighted by Gasteiger charge is -2.64. The van der Waals surface area contributed by atoms with Gasteiger partial charge in [0.05, 0.1) is 12.2 Å². The molecule has 3 heteroatoms. The second-order valence-electron chi connectivity index (χ2n) is 6.83. The summed E-state index contributed by atoms with van der Waals surface area (Å²) in [6, 6.07) is 0. The fraction of sp³-hybridized carbons (Fsp3) is 0.867. The van der Waals surface area contributed by atoms with Gasteiger partial charge < -0.3 is 4.74 Å². The summed E-state index contributed by atoms with van der Waals surface area (Å²) >= 11 is 0. The van der Waals surface area contributed by atoms with Crippen LogP contribution in [0, 0.1) is 23.2 Å². The monoisotopic (exact) mass is 250 g/mol. The second-order valence-corrected chi connectivity index (χ2v) is 6.83. The Morgan fingerprint density at radius 1 is 1.28 bits per heavy atom. The maximum absolute atomic E-state index is 12.4. The largest absolute Gasteiger partial charge is 0.374 e. The zero-order valence-electron chi connectivity index (χ0n) is 11.5. The third-order valence-electron chi connectivity index (χ3n) is 5.98. The molecule has 2 aliphatic carbocycles. The molecule has 0 amide bonds. The Hall–Kier alpha value is -0.700. The normalized spacial score (nSPS) is 52.1. The molecule has 1 heterocycles. The molecule has 3 nitrogen and oxygen atoms in total. The molecule has 3 fully saturated rings. The molecule has 1 unspecified atom stereocenters. The number of Topliss-reactive ketones (excluding diaryl/α,β-unsaturated/α-hetero) is 2. The van der Waals surface area contributed by atoms with Gasteiger partial charge in [-0.2, -0.15) is 0 Å². The number of carbonyl (C=O) groups is 2. The van der Waals surface area contributed by atoms with E-state index in [2.05, 4.69) is 20.8 Å². The molecule has 5 atom stereocenters. The molecule has 0 spiro atoms. The van der Waals surface area contributed by atoms with Gasteiger partial charge in [-0.1, -0.05) is 20.8 Å². The van der Waals surface area contributed by atoms with Crippen molar-refractivity contribution >= 4 is 11.6 Å². The summed E-state index contributed by atoms with van der Waals surface area (Å²) in [5.41, 5.74) is -0.499. The van der Waals surface area contributed by atoms with Gasteiger partial charge in [-0.05, 0) is 18.3 Å². The molecule has 3 aliphatic rings. The Morgan fingerprint density at radius 3 is 2.72 bits per heavy atom. The predicted molar refractivity (Wildman–Crippen MR) is 67.1 cm³/mol. The summed E-state index contributed by atoms with van der Waals surface area (Å²) in [6.07, 6.45) is 2.45. The molecule has 2 bridgehead atoms. The average Bonchev–Trinajstić information content (AvgIpc) is 2.28. The number of carbonyl (C=O) groups excluding carboxylic acids is 2. The van der Waals surface area contributed by atoms with E-state index < -0.39 is 0 Å². The Balaban J connectivity index is 2.12. The van der Waals surface area contributed by atoms with E-state index in [0.29, 0.717) is 37.4 Å². The maximum atomic E-state index is 12.4. The van der Waals surface area contributed by atoms with Crippen molar-refractivity contribution in [1.82, 2.24) is 0 Å². The van der Waals surface area contributed by atoms with Crippen LogP contribution in [0.15, 0.2) is 0 Å². The van der Waals surface area contributed by atoms with Gasteiger partial charge in [0.1, 0.15) is 11.6 Å². The standard InChI is InChI=1S/C15H22O3/c1-9-8-18-15-5-4-12(17)13(9)14(15,3)10(2)6-11(16)7-15/h9-10,13H,4-8H2,1-3H3/t9-,10+,13?,14+,15+/m1/s1. The molecule has 1 saturated heterocycles. The third-order valence-corrected chi connectivity index (χ3v) is 5.98. The predicted octanol–water partition coefficient (Wildman–Crippen LogP) is 2.38. The maximum Gasteiger partial charge on any atom is 0.137 e. The van der Waals surface area contributed by atoms with Crippen LogP contribution in [0.3, 0.4) is 0 Å². The number of ether oxygens (including phenoxy) is 1. The minimum atomic E-state index is -0.354. The fourth-order valence-corrected chi connectivity index (χ4v) is 4.92. The van der Waals surface area contributed by atoms with Crippen molar-refractivity contribution in [3.8, 4) is 0 Å². The highest BCUT2D eigenvalue weighted by Gasteiger charge is 2.66. The van der Waals surface area contributed by atoms with Gasteiger partial charge in [-0.15, -0.1) is 0 Å². The highest BCUT2D eigenvalue weighted by molar-refractivity contribution is 5.87. The van der Waals surface area contributed by atoms with E-state index in [0.717, 1.165) is 6.42 Å². The van der Waals surface area contributed by atoms with Gasteiger partial charge in [0.25, 0.3) is 0 Å². The Bertz CT molecular complexity index is 416. The van der Waals surface area contributed by atoms with Crippen molar-refractivity contribution in [1.29, 1.82) is 0 Å². The van der Waals surface area contributed by atoms with Crippen LogP contribution in [0.5, 0.6) is 0 Å². The third kappa shape index (κ3) is 1.29. The van der Waals surface area contributed by atoms with Crippen LogP contribution < -0.4 is 0 Å². The Morgan fingerprint density at radius 2 is 2.00 bits per heavy atom. The average molecular weight is 250 g/mol. The highest BCUT2D eigenvalue weighted by Crippen LogP contribution is 2.62. The first kappa shape index (κ1) is 12.3. The zero-order chi connectivity index (χ0) is 13.1. The van der Waals surface area contributed by atoms with Gasteiger partial charge >= 0.3 is 0 Å². The molecule has 18 heavy (non-hydrogen) atoms. The molecule has 2 saturated carbocycles. The van der Waals surface area contributed by atoms with E-state index in [1.807, 2.05) is 0 Å². The van der Waals surface area contributed by atoms with Crippen molar-refractivity contribution in [2.75, 3.05) is 6.61 Å². The molecule has 0 radical (unpaired) electrons. The minimum absolute atomic E-state index is 0.0862. The second kappa shape index (κ2) is 3.66. The lowest BCUT2D eigenvalue weighted by atomic mass is 9.45. The molecule has 100 valence electrons. The van der Waals surface area contributed by atoms with E-state index in [4.69, 9.17) is 4.74 Å². The van der Waals surface area contributed by atoms with Crippen molar-refractivity contribution in [2.45, 2.75) is 52.1 Å². The number of hydrogen-bond acceptors (Lipinski definition) is 3. The summed E-state index contributed by atoms with van der Waals surface area (Å²) in [5, 5.41) is 0. The van der Waals surface area contributed by atoms with Crippen molar-refractivity contribution in [2.24, 2.45) is 23.2 Å². The summed E-state index contributed by atoms with van der Waals surface area (Å²) in [6.45, 7) is 7.07. The van der Waals surface area contributed by atoms with Gasteiger partial charge in [0, 0.05) is 30.6 Å². The van der Waals surface area contributed by atoms with Crippen molar-refractivity contribution in [3.63, 3.8) is 0 Å². The minimum Gasteiger partial charge on any atom is -0.374 e. The number of hydrogen-bond donors (Lipinski definition) is 0. The molecule has 0 aromatic heterocycles. The summed E-state index contributed by atoms with van der Waals surface area (Å²) < 4.78 is 6.17. The fourth-order valence-electron chi connectivity index (χ4n) is 4.92. The van der Waals surface area contributed by atoms with Crippen LogP contribution in [0.25, 0.3) is 0 Å². The molecule has 1 aliphatic heterocycles. The van der Waals surface area contributed by atoms with E-state index in [1.165, 1.54) is 0 Å². The van der Waals surface area contributed by atoms with Gasteiger partial charge in [-0.3, -0.25) is 9.59 Å². The number of rotatable bonds is 0. The van der Waals surface area contributed by atoms with E-state index in [-0.39, 0.29) is 28.8 Å². The lowest BCUT2D eigenvalue weighted by molar-refractivity contribution is -0.253. The van der Waals surface area contributed by atoms with Crippen LogP contribution in [-0.4, -0.2) is 23.8 Å². The molecule has 3 rings (SSSR count). The lowest BCUT2D eigenvalue weighted by Crippen LogP contribution is -2.68.